The van der Waals surface area contributed by atoms with Gasteiger partial charge >= 0.3 is 0 Å². The highest BCUT2D eigenvalue weighted by atomic mass is 35.5. The molecule has 280 valence electrons. The van der Waals surface area contributed by atoms with Gasteiger partial charge in [0, 0.05) is 88.1 Å². The number of hydrogen-bond acceptors (Lipinski definition) is 7. The number of carbonyl (C=O) groups excluding carboxylic acids is 5. The maximum Gasteiger partial charge on any atom is 0.274 e. The molecule has 55 heavy (non-hydrogen) atoms. The fourth-order valence-corrected chi connectivity index (χ4v) is 8.79. The third-order valence-corrected chi connectivity index (χ3v) is 11.7. The fourth-order valence-electron chi connectivity index (χ4n) is 7.48. The molecule has 3 aromatic heterocycles. The molecule has 12 nitrogen and oxygen atoms in total. The lowest BCUT2D eigenvalue weighted by Gasteiger charge is -2.18. The summed E-state index contributed by atoms with van der Waals surface area (Å²) in [5, 5.41) is 10.6. The average Bonchev–Trinajstić information content (AvgIpc) is 4.01. The second-order valence-electron chi connectivity index (χ2n) is 13.8. The number of rotatable bonds is 12. The van der Waals surface area contributed by atoms with Crippen molar-refractivity contribution in [2.75, 3.05) is 41.6 Å². The summed E-state index contributed by atoms with van der Waals surface area (Å²) in [5.74, 6) is -0.168. The summed E-state index contributed by atoms with van der Waals surface area (Å²) in [6.45, 7) is 2.87. The maximum atomic E-state index is 14.0. The molecule has 1 atom stereocenters. The van der Waals surface area contributed by atoms with Gasteiger partial charge in [-0.15, -0.1) is 22.9 Å². The predicted molar refractivity (Wildman–Crippen MR) is 216 cm³/mol. The normalized spacial score (nSPS) is 15.1. The summed E-state index contributed by atoms with van der Waals surface area (Å²) < 4.78 is 6.78. The Labute approximate surface area is 324 Å². The molecular formula is C41H37ClN6O6S. The number of amides is 5. The number of unbranched alkanes of at least 4 members (excludes halogenated alkanes) is 2. The van der Waals surface area contributed by atoms with Gasteiger partial charge in [0.05, 0.1) is 17.5 Å². The minimum atomic E-state index is -0.342. The Morgan fingerprint density at radius 2 is 1.56 bits per heavy atom. The minimum absolute atomic E-state index is 0.0163. The SMILES string of the molecule is COc1cc2c(c3c(C)csc13)C(CCl)CN2C(=O)c1cc2cc(NC(=O)c3cc4cc(NC(=O)CCCCCN5C(=O)C=CC5=O)ccc4[nH]3)ccc2[nH]1. The number of nitrogens with zero attached hydrogens (tertiary/aromatic N) is 2. The molecule has 1 unspecified atom stereocenters. The van der Waals surface area contributed by atoms with Crippen LogP contribution in [0.25, 0.3) is 31.9 Å². The zero-order valence-electron chi connectivity index (χ0n) is 30.1. The van der Waals surface area contributed by atoms with Crippen LogP contribution in [0.4, 0.5) is 17.1 Å². The molecule has 0 spiro atoms. The van der Waals surface area contributed by atoms with Crippen LogP contribution in [-0.4, -0.2) is 70.5 Å². The topological polar surface area (TPSA) is 157 Å². The Kier molecular flexibility index (Phi) is 9.66. The van der Waals surface area contributed by atoms with Gasteiger partial charge in [-0.25, -0.2) is 0 Å². The van der Waals surface area contributed by atoms with Gasteiger partial charge in [0.15, 0.2) is 0 Å². The van der Waals surface area contributed by atoms with Crippen molar-refractivity contribution >= 4 is 101 Å². The molecule has 2 aliphatic heterocycles. The molecule has 14 heteroatoms. The number of fused-ring (bicyclic) bond motifs is 5. The summed E-state index contributed by atoms with van der Waals surface area (Å²) in [7, 11) is 1.64. The van der Waals surface area contributed by atoms with E-state index in [1.54, 1.807) is 59.7 Å². The molecular weight excluding hydrogens is 740 g/mol. The Bertz CT molecular complexity index is 2570. The van der Waals surface area contributed by atoms with Crippen LogP contribution in [0.5, 0.6) is 5.75 Å². The van der Waals surface area contributed by atoms with Crippen molar-refractivity contribution in [3.8, 4) is 5.75 Å². The third kappa shape index (κ3) is 6.85. The van der Waals surface area contributed by atoms with E-state index in [2.05, 4.69) is 32.9 Å². The number of halogens is 1. The molecule has 3 aromatic carbocycles. The van der Waals surface area contributed by atoms with E-state index in [-0.39, 0.29) is 35.5 Å². The van der Waals surface area contributed by atoms with E-state index in [0.717, 1.165) is 54.5 Å². The Morgan fingerprint density at radius 1 is 0.891 bits per heavy atom. The van der Waals surface area contributed by atoms with Crippen LogP contribution in [0.2, 0.25) is 0 Å². The number of H-pyrrole nitrogens is 2. The highest BCUT2D eigenvalue weighted by Gasteiger charge is 2.36. The van der Waals surface area contributed by atoms with Gasteiger partial charge in [-0.3, -0.25) is 28.9 Å². The van der Waals surface area contributed by atoms with Crippen molar-refractivity contribution in [2.45, 2.75) is 38.5 Å². The Hall–Kier alpha value is -5.92. The van der Waals surface area contributed by atoms with Gasteiger partial charge < -0.3 is 30.2 Å². The maximum absolute atomic E-state index is 14.0. The molecule has 0 aliphatic carbocycles. The first-order valence-electron chi connectivity index (χ1n) is 18.0. The number of ether oxygens (including phenoxy) is 1. The fraction of sp³-hybridized carbons (Fsp3) is 0.244. The van der Waals surface area contributed by atoms with E-state index in [1.807, 2.05) is 18.2 Å². The highest BCUT2D eigenvalue weighted by Crippen LogP contribution is 2.49. The largest absolute Gasteiger partial charge is 0.495 e. The number of thiophene rings is 1. The number of imide groups is 1. The van der Waals surface area contributed by atoms with Crippen LogP contribution in [0, 0.1) is 6.92 Å². The lowest BCUT2D eigenvalue weighted by atomic mass is 9.97. The van der Waals surface area contributed by atoms with Crippen LogP contribution in [-0.2, 0) is 14.4 Å². The summed E-state index contributed by atoms with van der Waals surface area (Å²) in [6, 6.07) is 16.3. The zero-order chi connectivity index (χ0) is 38.4. The number of benzene rings is 3. The van der Waals surface area contributed by atoms with E-state index in [9.17, 15) is 24.0 Å². The lowest BCUT2D eigenvalue weighted by Crippen LogP contribution is -2.30. The second-order valence-corrected chi connectivity index (χ2v) is 15.0. The van der Waals surface area contributed by atoms with Crippen molar-refractivity contribution in [1.82, 2.24) is 14.9 Å². The van der Waals surface area contributed by atoms with E-state index < -0.39 is 0 Å². The number of anilines is 3. The molecule has 0 fully saturated rings. The molecule has 0 bridgehead atoms. The van der Waals surface area contributed by atoms with Gasteiger partial charge in [-0.05, 0) is 84.8 Å². The summed E-state index contributed by atoms with van der Waals surface area (Å²) in [4.78, 5) is 72.7. The predicted octanol–water partition coefficient (Wildman–Crippen LogP) is 7.84. The number of aromatic amines is 2. The number of hydrogen-bond donors (Lipinski definition) is 4. The van der Waals surface area contributed by atoms with Crippen LogP contribution in [0.1, 0.15) is 63.7 Å². The van der Waals surface area contributed by atoms with Crippen LogP contribution in [0.15, 0.2) is 72.1 Å². The van der Waals surface area contributed by atoms with Crippen LogP contribution in [0.3, 0.4) is 0 Å². The molecule has 0 saturated carbocycles. The number of aromatic nitrogens is 2. The van der Waals surface area contributed by atoms with Crippen LogP contribution >= 0.6 is 22.9 Å². The molecule has 5 amide bonds. The molecule has 4 N–H and O–H groups in total. The number of nitrogens with one attached hydrogen (secondary N) is 4. The molecule has 2 aliphatic rings. The first-order chi connectivity index (χ1) is 26.6. The van der Waals surface area contributed by atoms with E-state index in [4.69, 9.17) is 16.3 Å². The van der Waals surface area contributed by atoms with Gasteiger partial charge in [0.1, 0.15) is 17.1 Å². The van der Waals surface area contributed by atoms with Gasteiger partial charge in [-0.1, -0.05) is 6.42 Å². The smallest absolute Gasteiger partial charge is 0.274 e. The zero-order valence-corrected chi connectivity index (χ0v) is 31.7. The quantitative estimate of drug-likeness (QED) is 0.0564. The second kappa shape index (κ2) is 14.7. The monoisotopic (exact) mass is 776 g/mol. The average molecular weight is 777 g/mol. The number of methoxy groups -OCH3 is 1. The van der Waals surface area contributed by atoms with Crippen molar-refractivity contribution in [2.24, 2.45) is 0 Å². The Balaban J connectivity index is 0.907. The first-order valence-corrected chi connectivity index (χ1v) is 19.4. The number of carbonyl (C=O) groups is 5. The van der Waals surface area contributed by atoms with E-state index in [1.165, 1.54) is 17.1 Å². The van der Waals surface area contributed by atoms with Crippen LogP contribution < -0.4 is 20.3 Å². The number of alkyl halides is 1. The molecule has 0 radical (unpaired) electrons. The van der Waals surface area contributed by atoms with E-state index >= 15 is 0 Å². The highest BCUT2D eigenvalue weighted by molar-refractivity contribution is 7.17. The van der Waals surface area contributed by atoms with E-state index in [0.29, 0.717) is 67.4 Å². The third-order valence-electron chi connectivity index (χ3n) is 10.2. The van der Waals surface area contributed by atoms with Crippen molar-refractivity contribution in [3.05, 3.63) is 94.6 Å². The van der Waals surface area contributed by atoms with Gasteiger partial charge in [0.2, 0.25) is 5.91 Å². The standard InChI is InChI=1S/C41H37ClN6O6S/c1-22-21-55-39-33(54-2)18-32-38(37(22)39)25(19-42)20-48(32)41(53)31-17-24-15-27(8-10-29(24)46-31)44-40(52)30-16-23-14-26(7-9-28(23)45-30)43-34(49)6-4-3-5-13-47-35(50)11-12-36(47)51/h7-12,14-18,21,25,45-46H,3-6,13,19-20H2,1-2H3,(H,43,49)(H,44,52). The van der Waals surface area contributed by atoms with Crippen molar-refractivity contribution in [1.29, 1.82) is 0 Å². The summed E-state index contributed by atoms with van der Waals surface area (Å²) >= 11 is 8.09. The number of aryl methyl sites for hydroxylation is 1. The summed E-state index contributed by atoms with van der Waals surface area (Å²) in [6.07, 6.45) is 4.79. The Morgan fingerprint density at radius 3 is 2.25 bits per heavy atom. The minimum Gasteiger partial charge on any atom is -0.495 e. The van der Waals surface area contributed by atoms with Crippen molar-refractivity contribution in [3.63, 3.8) is 0 Å². The summed E-state index contributed by atoms with van der Waals surface area (Å²) in [5.41, 5.74) is 6.44. The molecule has 6 aromatic rings. The lowest BCUT2D eigenvalue weighted by molar-refractivity contribution is -0.136. The van der Waals surface area contributed by atoms with Gasteiger partial charge in [-0.2, -0.15) is 0 Å². The molecule has 8 rings (SSSR count). The molecule has 5 heterocycles. The van der Waals surface area contributed by atoms with Gasteiger partial charge in [0.25, 0.3) is 23.6 Å². The molecule has 0 saturated heterocycles. The van der Waals surface area contributed by atoms with Crippen molar-refractivity contribution < 1.29 is 28.7 Å². The first kappa shape index (κ1) is 36.1.